The maximum absolute atomic E-state index is 12.6. The fourth-order valence-electron chi connectivity index (χ4n) is 2.20. The zero-order chi connectivity index (χ0) is 16.1. The van der Waals surface area contributed by atoms with Gasteiger partial charge in [0.15, 0.2) is 11.5 Å². The molecule has 0 unspecified atom stereocenters. The SMILES string of the molecule is COc1cc(C(=O)N2C=CC(CN)=CC2)cc(OC)c1OC. The summed E-state index contributed by atoms with van der Waals surface area (Å²) >= 11 is 0. The summed E-state index contributed by atoms with van der Waals surface area (Å²) in [4.78, 5) is 14.2. The van der Waals surface area contributed by atoms with E-state index in [0.717, 1.165) is 5.57 Å². The van der Waals surface area contributed by atoms with E-state index in [1.807, 2.05) is 12.2 Å². The summed E-state index contributed by atoms with van der Waals surface area (Å²) in [6.07, 6.45) is 5.49. The summed E-state index contributed by atoms with van der Waals surface area (Å²) < 4.78 is 15.8. The molecule has 0 fully saturated rings. The summed E-state index contributed by atoms with van der Waals surface area (Å²) in [5.74, 6) is 1.21. The Hall–Kier alpha value is -2.47. The van der Waals surface area contributed by atoms with Crippen molar-refractivity contribution in [3.8, 4) is 17.2 Å². The number of carbonyl (C=O) groups is 1. The Balaban J connectivity index is 2.31. The minimum Gasteiger partial charge on any atom is -0.493 e. The van der Waals surface area contributed by atoms with Crippen LogP contribution in [-0.4, -0.2) is 45.2 Å². The van der Waals surface area contributed by atoms with Gasteiger partial charge in [0.05, 0.1) is 21.3 Å². The number of amides is 1. The number of benzene rings is 1. The van der Waals surface area contributed by atoms with Gasteiger partial charge in [-0.05, 0) is 23.8 Å². The minimum atomic E-state index is -0.150. The van der Waals surface area contributed by atoms with Crippen LogP contribution in [0.4, 0.5) is 0 Å². The Kier molecular flexibility index (Phi) is 5.06. The summed E-state index contributed by atoms with van der Waals surface area (Å²) in [5, 5.41) is 0. The first-order valence-electron chi connectivity index (χ1n) is 6.82. The number of ether oxygens (including phenoxy) is 3. The van der Waals surface area contributed by atoms with Crippen molar-refractivity contribution in [3.05, 3.63) is 41.6 Å². The average Bonchev–Trinajstić information content (AvgIpc) is 2.59. The second-order valence-corrected chi connectivity index (χ2v) is 4.67. The van der Waals surface area contributed by atoms with Crippen molar-refractivity contribution in [1.82, 2.24) is 4.90 Å². The molecule has 1 amide bonds. The highest BCUT2D eigenvalue weighted by Crippen LogP contribution is 2.38. The van der Waals surface area contributed by atoms with Gasteiger partial charge in [0.2, 0.25) is 5.75 Å². The molecule has 0 radical (unpaired) electrons. The van der Waals surface area contributed by atoms with Crippen LogP contribution in [0.2, 0.25) is 0 Å². The lowest BCUT2D eigenvalue weighted by Gasteiger charge is -2.21. The fraction of sp³-hybridized carbons (Fsp3) is 0.312. The first-order chi connectivity index (χ1) is 10.6. The number of hydrogen-bond acceptors (Lipinski definition) is 5. The van der Waals surface area contributed by atoms with Gasteiger partial charge < -0.3 is 24.8 Å². The molecule has 1 aliphatic rings. The van der Waals surface area contributed by atoms with Crippen molar-refractivity contribution in [2.45, 2.75) is 0 Å². The third kappa shape index (κ3) is 3.07. The Morgan fingerprint density at radius 2 is 1.82 bits per heavy atom. The molecular formula is C16H20N2O4. The number of nitrogens with zero attached hydrogens (tertiary/aromatic N) is 1. The van der Waals surface area contributed by atoms with E-state index < -0.39 is 0 Å². The molecule has 1 aliphatic heterocycles. The molecule has 1 heterocycles. The molecule has 1 aromatic carbocycles. The van der Waals surface area contributed by atoms with Gasteiger partial charge in [-0.25, -0.2) is 0 Å². The van der Waals surface area contributed by atoms with Crippen LogP contribution >= 0.6 is 0 Å². The van der Waals surface area contributed by atoms with Crippen LogP contribution in [0.25, 0.3) is 0 Å². The van der Waals surface area contributed by atoms with Gasteiger partial charge in [-0.1, -0.05) is 6.08 Å². The maximum atomic E-state index is 12.6. The quantitative estimate of drug-likeness (QED) is 0.893. The zero-order valence-corrected chi connectivity index (χ0v) is 13.0. The zero-order valence-electron chi connectivity index (χ0n) is 13.0. The molecule has 2 rings (SSSR count). The second-order valence-electron chi connectivity index (χ2n) is 4.67. The molecule has 0 atom stereocenters. The van der Waals surface area contributed by atoms with Gasteiger partial charge in [-0.2, -0.15) is 0 Å². The van der Waals surface area contributed by atoms with Gasteiger partial charge >= 0.3 is 0 Å². The standard InChI is InChI=1S/C16H20N2O4/c1-20-13-8-12(9-14(21-2)15(13)22-3)16(19)18-6-4-11(10-17)5-7-18/h4-6,8-9H,7,10,17H2,1-3H3. The molecule has 0 saturated carbocycles. The number of rotatable bonds is 5. The summed E-state index contributed by atoms with van der Waals surface area (Å²) in [7, 11) is 4.56. The van der Waals surface area contributed by atoms with E-state index in [0.29, 0.717) is 35.9 Å². The van der Waals surface area contributed by atoms with E-state index in [4.69, 9.17) is 19.9 Å². The molecule has 6 heteroatoms. The van der Waals surface area contributed by atoms with Crippen LogP contribution in [-0.2, 0) is 0 Å². The number of nitrogens with two attached hydrogens (primary N) is 1. The number of hydrogen-bond donors (Lipinski definition) is 1. The second kappa shape index (κ2) is 7.00. The molecule has 6 nitrogen and oxygen atoms in total. The molecule has 1 aromatic rings. The van der Waals surface area contributed by atoms with Crippen LogP contribution in [0.5, 0.6) is 17.2 Å². The molecule has 0 saturated heterocycles. The smallest absolute Gasteiger partial charge is 0.258 e. The van der Waals surface area contributed by atoms with Gasteiger partial charge in [-0.15, -0.1) is 0 Å². The van der Waals surface area contributed by atoms with Crippen LogP contribution in [0.15, 0.2) is 36.1 Å². The van der Waals surface area contributed by atoms with Gasteiger partial charge in [0.1, 0.15) is 0 Å². The molecule has 0 aliphatic carbocycles. The lowest BCUT2D eigenvalue weighted by atomic mass is 10.1. The maximum Gasteiger partial charge on any atom is 0.258 e. The van der Waals surface area contributed by atoms with Gasteiger partial charge in [0, 0.05) is 24.9 Å². The molecule has 0 spiro atoms. The van der Waals surface area contributed by atoms with E-state index in [2.05, 4.69) is 0 Å². The predicted molar refractivity (Wildman–Crippen MR) is 83.4 cm³/mol. The Labute approximate surface area is 129 Å². The van der Waals surface area contributed by atoms with E-state index in [1.54, 1.807) is 23.2 Å². The van der Waals surface area contributed by atoms with Crippen molar-refractivity contribution in [3.63, 3.8) is 0 Å². The molecule has 0 bridgehead atoms. The Bertz CT molecular complexity index is 598. The Morgan fingerprint density at radius 3 is 2.23 bits per heavy atom. The first-order valence-corrected chi connectivity index (χ1v) is 6.82. The van der Waals surface area contributed by atoms with Gasteiger partial charge in [-0.3, -0.25) is 4.79 Å². The van der Waals surface area contributed by atoms with Crippen LogP contribution < -0.4 is 19.9 Å². The summed E-state index contributed by atoms with van der Waals surface area (Å²) in [6.45, 7) is 0.946. The van der Waals surface area contributed by atoms with Crippen molar-refractivity contribution >= 4 is 5.91 Å². The summed E-state index contributed by atoms with van der Waals surface area (Å²) in [6, 6.07) is 3.28. The topological polar surface area (TPSA) is 74.0 Å². The van der Waals surface area contributed by atoms with Crippen LogP contribution in [0.3, 0.4) is 0 Å². The lowest BCUT2D eigenvalue weighted by Crippen LogP contribution is -2.28. The molecule has 2 N–H and O–H groups in total. The third-order valence-corrected chi connectivity index (χ3v) is 3.43. The van der Waals surface area contributed by atoms with Crippen LogP contribution in [0, 0.1) is 0 Å². The average molecular weight is 304 g/mol. The molecular weight excluding hydrogens is 284 g/mol. The van der Waals surface area contributed by atoms with Crippen molar-refractivity contribution in [2.24, 2.45) is 5.73 Å². The lowest BCUT2D eigenvalue weighted by molar-refractivity contribution is 0.0832. The van der Waals surface area contributed by atoms with E-state index in [-0.39, 0.29) is 5.91 Å². The number of carbonyl (C=O) groups excluding carboxylic acids is 1. The van der Waals surface area contributed by atoms with Crippen molar-refractivity contribution < 1.29 is 19.0 Å². The molecule has 118 valence electrons. The van der Waals surface area contributed by atoms with Crippen molar-refractivity contribution in [2.75, 3.05) is 34.4 Å². The Morgan fingerprint density at radius 1 is 1.18 bits per heavy atom. The molecule has 0 aromatic heterocycles. The summed E-state index contributed by atoms with van der Waals surface area (Å²) in [5.41, 5.74) is 7.04. The van der Waals surface area contributed by atoms with Crippen molar-refractivity contribution in [1.29, 1.82) is 0 Å². The highest BCUT2D eigenvalue weighted by atomic mass is 16.5. The first kappa shape index (κ1) is 15.9. The fourth-order valence-corrected chi connectivity index (χ4v) is 2.20. The minimum absolute atomic E-state index is 0.150. The number of methoxy groups -OCH3 is 3. The predicted octanol–water partition coefficient (Wildman–Crippen LogP) is 1.57. The van der Waals surface area contributed by atoms with Gasteiger partial charge in [0.25, 0.3) is 5.91 Å². The highest BCUT2D eigenvalue weighted by molar-refractivity contribution is 5.96. The third-order valence-electron chi connectivity index (χ3n) is 3.43. The van der Waals surface area contributed by atoms with E-state index in [9.17, 15) is 4.79 Å². The van der Waals surface area contributed by atoms with E-state index >= 15 is 0 Å². The largest absolute Gasteiger partial charge is 0.493 e. The van der Waals surface area contributed by atoms with Crippen LogP contribution in [0.1, 0.15) is 10.4 Å². The highest BCUT2D eigenvalue weighted by Gasteiger charge is 2.20. The monoisotopic (exact) mass is 304 g/mol. The van der Waals surface area contributed by atoms with E-state index in [1.165, 1.54) is 21.3 Å². The molecule has 22 heavy (non-hydrogen) atoms. The normalized spacial score (nSPS) is 13.6.